The number of piperidine rings is 1. The van der Waals surface area contributed by atoms with Gasteiger partial charge in [-0.2, -0.15) is 4.31 Å². The molecule has 9 heteroatoms. The molecule has 3 rings (SSSR count). The lowest BCUT2D eigenvalue weighted by Crippen LogP contribution is -2.35. The van der Waals surface area contributed by atoms with Gasteiger partial charge in [-0.15, -0.1) is 0 Å². The fourth-order valence-corrected chi connectivity index (χ4v) is 6.25. The molecule has 0 unspecified atom stereocenters. The van der Waals surface area contributed by atoms with Crippen LogP contribution >= 0.6 is 11.6 Å². The van der Waals surface area contributed by atoms with Crippen molar-refractivity contribution < 1.29 is 16.8 Å². The van der Waals surface area contributed by atoms with Crippen molar-refractivity contribution in [1.82, 2.24) is 9.03 Å². The van der Waals surface area contributed by atoms with Crippen molar-refractivity contribution in [1.29, 1.82) is 0 Å². The number of benzene rings is 2. The molecular weight excluding hydrogens is 420 g/mol. The lowest BCUT2D eigenvalue weighted by molar-refractivity contribution is 0.346. The number of nitrogens with zero attached hydrogens (tertiary/aromatic N) is 1. The number of nitrogens with one attached hydrogen (secondary N) is 1. The first-order valence-electron chi connectivity index (χ1n) is 9.05. The molecule has 1 heterocycles. The van der Waals surface area contributed by atoms with E-state index in [1.54, 1.807) is 24.3 Å². The Bertz CT molecular complexity index is 1050. The summed E-state index contributed by atoms with van der Waals surface area (Å²) >= 11 is 6.05. The van der Waals surface area contributed by atoms with Gasteiger partial charge in [0.05, 0.1) is 9.92 Å². The molecule has 1 N–H and O–H groups in total. The number of halogens is 1. The second-order valence-corrected chi connectivity index (χ2v) is 10.9. The standard InChI is InChI=1S/C19H23ClN2O4S2/c1-15-5-10-19(18(20)13-15)27(23,24)21-14-16-6-8-17(9-7-16)28(25,26)22-11-3-2-4-12-22/h5-10,13,21H,2-4,11-12,14H2,1H3. The smallest absolute Gasteiger partial charge is 0.207 e. The summed E-state index contributed by atoms with van der Waals surface area (Å²) in [5, 5.41) is 0.162. The van der Waals surface area contributed by atoms with Gasteiger partial charge in [0, 0.05) is 19.6 Å². The molecule has 2 aromatic rings. The Morgan fingerprint density at radius 3 is 2.21 bits per heavy atom. The van der Waals surface area contributed by atoms with Gasteiger partial charge in [-0.05, 0) is 55.2 Å². The van der Waals surface area contributed by atoms with Crippen molar-refractivity contribution >= 4 is 31.6 Å². The summed E-state index contributed by atoms with van der Waals surface area (Å²) in [5.74, 6) is 0. The monoisotopic (exact) mass is 442 g/mol. The normalized spacial score (nSPS) is 16.2. The molecule has 152 valence electrons. The van der Waals surface area contributed by atoms with Gasteiger partial charge in [0.15, 0.2) is 0 Å². The Morgan fingerprint density at radius 1 is 0.964 bits per heavy atom. The van der Waals surface area contributed by atoms with Gasteiger partial charge in [0.25, 0.3) is 0 Å². The van der Waals surface area contributed by atoms with Crippen LogP contribution in [0.5, 0.6) is 0 Å². The zero-order valence-electron chi connectivity index (χ0n) is 15.6. The second-order valence-electron chi connectivity index (χ2n) is 6.87. The molecule has 1 fully saturated rings. The van der Waals surface area contributed by atoms with E-state index in [1.807, 2.05) is 6.92 Å². The summed E-state index contributed by atoms with van der Waals surface area (Å²) in [6.07, 6.45) is 2.80. The summed E-state index contributed by atoms with van der Waals surface area (Å²) in [6.45, 7) is 2.95. The molecule has 0 radical (unpaired) electrons. The minimum atomic E-state index is -3.77. The maximum Gasteiger partial charge on any atom is 0.243 e. The van der Waals surface area contributed by atoms with E-state index in [0.29, 0.717) is 18.7 Å². The highest BCUT2D eigenvalue weighted by Crippen LogP contribution is 2.23. The van der Waals surface area contributed by atoms with E-state index < -0.39 is 20.0 Å². The van der Waals surface area contributed by atoms with Crippen LogP contribution < -0.4 is 4.72 Å². The van der Waals surface area contributed by atoms with Gasteiger partial charge in [-0.1, -0.05) is 36.2 Å². The molecule has 0 bridgehead atoms. The van der Waals surface area contributed by atoms with Gasteiger partial charge in [0.2, 0.25) is 20.0 Å². The van der Waals surface area contributed by atoms with Crippen molar-refractivity contribution in [2.75, 3.05) is 13.1 Å². The molecule has 0 atom stereocenters. The minimum absolute atomic E-state index is 0.0177. The van der Waals surface area contributed by atoms with Gasteiger partial charge >= 0.3 is 0 Å². The molecule has 0 amide bonds. The van der Waals surface area contributed by atoms with E-state index in [0.717, 1.165) is 24.8 Å². The van der Waals surface area contributed by atoms with Crippen LogP contribution in [0.25, 0.3) is 0 Å². The highest BCUT2D eigenvalue weighted by molar-refractivity contribution is 7.89. The third kappa shape index (κ3) is 4.75. The Kier molecular flexibility index (Phi) is 6.46. The molecule has 28 heavy (non-hydrogen) atoms. The SMILES string of the molecule is Cc1ccc(S(=O)(=O)NCc2ccc(S(=O)(=O)N3CCCCC3)cc2)c(Cl)c1. The van der Waals surface area contributed by atoms with E-state index in [2.05, 4.69) is 4.72 Å². The quantitative estimate of drug-likeness (QED) is 0.743. The first kappa shape index (κ1) is 21.3. The molecule has 0 aliphatic carbocycles. The van der Waals surface area contributed by atoms with Gasteiger partial charge in [-0.3, -0.25) is 0 Å². The third-order valence-corrected chi connectivity index (χ3v) is 8.52. The molecule has 2 aromatic carbocycles. The molecule has 0 saturated carbocycles. The molecule has 0 aromatic heterocycles. The van der Waals surface area contributed by atoms with E-state index in [1.165, 1.54) is 22.5 Å². The van der Waals surface area contributed by atoms with Crippen molar-refractivity contribution in [3.05, 3.63) is 58.6 Å². The second kappa shape index (κ2) is 8.51. The van der Waals surface area contributed by atoms with E-state index >= 15 is 0 Å². The number of hydrogen-bond acceptors (Lipinski definition) is 4. The van der Waals surface area contributed by atoms with E-state index in [9.17, 15) is 16.8 Å². The predicted octanol–water partition coefficient (Wildman–Crippen LogP) is 3.30. The van der Waals surface area contributed by atoms with Crippen molar-refractivity contribution in [3.8, 4) is 0 Å². The molecular formula is C19H23ClN2O4S2. The molecule has 0 spiro atoms. The van der Waals surface area contributed by atoms with E-state index in [4.69, 9.17) is 11.6 Å². The largest absolute Gasteiger partial charge is 0.243 e. The highest BCUT2D eigenvalue weighted by Gasteiger charge is 2.25. The average Bonchev–Trinajstić information content (AvgIpc) is 2.67. The number of hydrogen-bond donors (Lipinski definition) is 1. The number of sulfonamides is 2. The first-order valence-corrected chi connectivity index (χ1v) is 12.4. The van der Waals surface area contributed by atoms with Crippen LogP contribution in [-0.2, 0) is 26.6 Å². The Morgan fingerprint density at radius 2 is 1.61 bits per heavy atom. The van der Waals surface area contributed by atoms with Crippen LogP contribution in [0.3, 0.4) is 0 Å². The van der Waals surface area contributed by atoms with Crippen LogP contribution in [0.15, 0.2) is 52.3 Å². The van der Waals surface area contributed by atoms with Crippen LogP contribution in [0, 0.1) is 6.92 Å². The summed E-state index contributed by atoms with van der Waals surface area (Å²) in [4.78, 5) is 0.242. The highest BCUT2D eigenvalue weighted by atomic mass is 35.5. The van der Waals surface area contributed by atoms with Crippen LogP contribution in [0.1, 0.15) is 30.4 Å². The average molecular weight is 443 g/mol. The third-order valence-electron chi connectivity index (χ3n) is 4.72. The van der Waals surface area contributed by atoms with Crippen LogP contribution in [0.2, 0.25) is 5.02 Å². The van der Waals surface area contributed by atoms with Crippen LogP contribution in [0.4, 0.5) is 0 Å². The summed E-state index contributed by atoms with van der Waals surface area (Å²) < 4.78 is 54.3. The van der Waals surface area contributed by atoms with Gasteiger partial charge in [0.1, 0.15) is 4.90 Å². The zero-order valence-corrected chi connectivity index (χ0v) is 17.9. The lowest BCUT2D eigenvalue weighted by Gasteiger charge is -2.25. The Labute approximate surface area is 171 Å². The van der Waals surface area contributed by atoms with Crippen molar-refractivity contribution in [2.24, 2.45) is 0 Å². The summed E-state index contributed by atoms with van der Waals surface area (Å²) in [6, 6.07) is 11.0. The fourth-order valence-electron chi connectivity index (χ4n) is 3.11. The van der Waals surface area contributed by atoms with Crippen molar-refractivity contribution in [3.63, 3.8) is 0 Å². The van der Waals surface area contributed by atoms with Crippen molar-refractivity contribution in [2.45, 2.75) is 42.5 Å². The van der Waals surface area contributed by atoms with Gasteiger partial charge in [-0.25, -0.2) is 21.6 Å². The van der Waals surface area contributed by atoms with Gasteiger partial charge < -0.3 is 0 Å². The topological polar surface area (TPSA) is 83.5 Å². The summed E-state index contributed by atoms with van der Waals surface area (Å²) in [5.41, 5.74) is 1.53. The first-order chi connectivity index (χ1) is 13.2. The summed E-state index contributed by atoms with van der Waals surface area (Å²) in [7, 11) is -7.27. The molecule has 6 nitrogen and oxygen atoms in total. The molecule has 1 saturated heterocycles. The Balaban J connectivity index is 1.70. The zero-order chi connectivity index (χ0) is 20.4. The lowest BCUT2D eigenvalue weighted by atomic mass is 10.2. The maximum atomic E-state index is 12.7. The van der Waals surface area contributed by atoms with Crippen LogP contribution in [-0.4, -0.2) is 34.2 Å². The molecule has 1 aliphatic rings. The fraction of sp³-hybridized carbons (Fsp3) is 0.368. The Hall–Kier alpha value is -1.45. The van der Waals surface area contributed by atoms with E-state index in [-0.39, 0.29) is 21.4 Å². The number of aryl methyl sites for hydroxylation is 1. The predicted molar refractivity (Wildman–Crippen MR) is 109 cm³/mol. The molecule has 1 aliphatic heterocycles. The number of rotatable bonds is 6. The maximum absolute atomic E-state index is 12.7. The minimum Gasteiger partial charge on any atom is -0.207 e.